The minimum atomic E-state index is 0.944. The molecule has 2 nitrogen and oxygen atoms in total. The van der Waals surface area contributed by atoms with Gasteiger partial charge in [-0.15, -0.1) is 0 Å². The van der Waals surface area contributed by atoms with E-state index in [1.165, 1.54) is 0 Å². The molecule has 0 radical (unpaired) electrons. The maximum atomic E-state index is 3.79. The van der Waals surface area contributed by atoms with Crippen LogP contribution in [0, 0.1) is 0 Å². The van der Waals surface area contributed by atoms with Gasteiger partial charge in [0.25, 0.3) is 0 Å². The molecule has 0 aliphatic heterocycles. The Hall–Kier alpha value is -0.570. The van der Waals surface area contributed by atoms with Gasteiger partial charge in [0.05, 0.1) is 0 Å². The van der Waals surface area contributed by atoms with Gasteiger partial charge < -0.3 is 0 Å². The first-order valence-corrected chi connectivity index (χ1v) is 3.36. The molecule has 0 amide bonds. The van der Waals surface area contributed by atoms with Gasteiger partial charge in [-0.05, 0) is 5.75 Å². The number of nitrogens with zero attached hydrogens (tertiary/aromatic N) is 2. The van der Waals surface area contributed by atoms with E-state index in [1.54, 1.807) is 24.8 Å². The van der Waals surface area contributed by atoms with Crippen LogP contribution in [0.2, 0.25) is 0 Å². The van der Waals surface area contributed by atoms with Gasteiger partial charge in [-0.25, -0.2) is 0 Å². The largest absolute Gasteiger partial charge is 0.262 e. The zero-order valence-electron chi connectivity index (χ0n) is 5.36. The smallest absolute Gasteiger partial charge is 0.0451 e. The second kappa shape index (κ2) is 7.43. The van der Waals surface area contributed by atoms with Crippen LogP contribution in [0.25, 0.3) is 0 Å². The quantitative estimate of drug-likeness (QED) is 0.554. The molecule has 0 atom stereocenters. The summed E-state index contributed by atoms with van der Waals surface area (Å²) in [5, 5.41) is 0. The summed E-state index contributed by atoms with van der Waals surface area (Å²) in [4.78, 5) is 7.44. The molecule has 1 heterocycles. The van der Waals surface area contributed by atoms with E-state index in [2.05, 4.69) is 22.6 Å². The highest BCUT2D eigenvalue weighted by Gasteiger charge is 1.59. The fourth-order valence-corrected chi connectivity index (χ4v) is 0.253. The van der Waals surface area contributed by atoms with Crippen molar-refractivity contribution in [2.75, 3.05) is 5.75 Å². The summed E-state index contributed by atoms with van der Waals surface area (Å²) >= 11 is 3.79. The molecule has 0 saturated heterocycles. The maximum Gasteiger partial charge on any atom is 0.0451 e. The Balaban J connectivity index is 0.000000187. The minimum absolute atomic E-state index is 0.944. The number of hydrogen-bond donors (Lipinski definition) is 1. The van der Waals surface area contributed by atoms with E-state index >= 15 is 0 Å². The molecule has 3 heteroatoms. The van der Waals surface area contributed by atoms with Crippen LogP contribution in [-0.4, -0.2) is 15.7 Å². The fourth-order valence-electron chi connectivity index (χ4n) is 0.253. The van der Waals surface area contributed by atoms with Crippen LogP contribution < -0.4 is 0 Å². The van der Waals surface area contributed by atoms with Crippen molar-refractivity contribution in [2.24, 2.45) is 0 Å². The molecule has 9 heavy (non-hydrogen) atoms. The van der Waals surface area contributed by atoms with Crippen molar-refractivity contribution in [3.63, 3.8) is 0 Å². The lowest BCUT2D eigenvalue weighted by atomic mass is 10.8. The van der Waals surface area contributed by atoms with E-state index in [0.29, 0.717) is 0 Å². The van der Waals surface area contributed by atoms with E-state index in [1.807, 2.05) is 6.92 Å². The maximum absolute atomic E-state index is 3.79. The third kappa shape index (κ3) is 7.43. The highest BCUT2D eigenvalue weighted by molar-refractivity contribution is 7.80. The Morgan fingerprint density at radius 3 is 1.44 bits per heavy atom. The van der Waals surface area contributed by atoms with Crippen molar-refractivity contribution in [2.45, 2.75) is 6.92 Å². The highest BCUT2D eigenvalue weighted by Crippen LogP contribution is 1.65. The van der Waals surface area contributed by atoms with E-state index in [9.17, 15) is 0 Å². The van der Waals surface area contributed by atoms with Gasteiger partial charge in [0.2, 0.25) is 0 Å². The summed E-state index contributed by atoms with van der Waals surface area (Å²) in [7, 11) is 0. The van der Waals surface area contributed by atoms with Crippen molar-refractivity contribution < 1.29 is 0 Å². The molecule has 0 aromatic carbocycles. The third-order valence-corrected chi connectivity index (χ3v) is 0.478. The first-order valence-electron chi connectivity index (χ1n) is 2.72. The summed E-state index contributed by atoms with van der Waals surface area (Å²) in [6, 6.07) is 0. The van der Waals surface area contributed by atoms with E-state index in [-0.39, 0.29) is 0 Å². The molecule has 50 valence electrons. The first-order chi connectivity index (χ1) is 4.41. The summed E-state index contributed by atoms with van der Waals surface area (Å²) in [5.41, 5.74) is 0. The zero-order valence-corrected chi connectivity index (χ0v) is 6.25. The Kier molecular flexibility index (Phi) is 6.96. The lowest BCUT2D eigenvalue weighted by Crippen LogP contribution is -1.66. The van der Waals surface area contributed by atoms with E-state index < -0.39 is 0 Å². The van der Waals surface area contributed by atoms with Crippen LogP contribution in [-0.2, 0) is 0 Å². The molecule has 0 aliphatic carbocycles. The van der Waals surface area contributed by atoms with Gasteiger partial charge >= 0.3 is 0 Å². The number of hydrogen-bond acceptors (Lipinski definition) is 3. The Morgan fingerprint density at radius 2 is 1.33 bits per heavy atom. The van der Waals surface area contributed by atoms with Crippen molar-refractivity contribution >= 4 is 12.6 Å². The summed E-state index contributed by atoms with van der Waals surface area (Å²) in [5.74, 6) is 0.944. The van der Waals surface area contributed by atoms with Gasteiger partial charge in [-0.1, -0.05) is 6.92 Å². The van der Waals surface area contributed by atoms with Gasteiger partial charge in [0, 0.05) is 24.8 Å². The van der Waals surface area contributed by atoms with Crippen molar-refractivity contribution in [1.82, 2.24) is 9.97 Å². The predicted molar refractivity (Wildman–Crippen MR) is 41.6 cm³/mol. The normalized spacial score (nSPS) is 7.33. The second-order valence-electron chi connectivity index (χ2n) is 1.21. The molecule has 0 spiro atoms. The summed E-state index contributed by atoms with van der Waals surface area (Å²) < 4.78 is 0. The standard InChI is InChI=1S/C4H4N2.C2H6S/c1-2-6-4-3-5-1;1-2-3/h1-4H;3H,2H2,1H3. The monoisotopic (exact) mass is 142 g/mol. The Morgan fingerprint density at radius 1 is 1.11 bits per heavy atom. The van der Waals surface area contributed by atoms with Crippen molar-refractivity contribution in [3.05, 3.63) is 24.8 Å². The van der Waals surface area contributed by atoms with Crippen LogP contribution in [0.3, 0.4) is 0 Å². The van der Waals surface area contributed by atoms with Gasteiger partial charge in [0.15, 0.2) is 0 Å². The molecule has 1 aromatic rings. The van der Waals surface area contributed by atoms with Crippen LogP contribution in [0.4, 0.5) is 0 Å². The second-order valence-corrected chi connectivity index (χ2v) is 1.84. The number of thiol groups is 1. The van der Waals surface area contributed by atoms with Crippen molar-refractivity contribution in [3.8, 4) is 0 Å². The fraction of sp³-hybridized carbons (Fsp3) is 0.333. The lowest BCUT2D eigenvalue weighted by Gasteiger charge is -1.70. The third-order valence-electron chi connectivity index (χ3n) is 0.478. The Labute approximate surface area is 60.8 Å². The summed E-state index contributed by atoms with van der Waals surface area (Å²) in [6.45, 7) is 1.99. The van der Waals surface area contributed by atoms with Gasteiger partial charge in [-0.3, -0.25) is 9.97 Å². The molecule has 1 aromatic heterocycles. The first kappa shape index (κ1) is 8.43. The van der Waals surface area contributed by atoms with Crippen molar-refractivity contribution in [1.29, 1.82) is 0 Å². The molecule has 0 bridgehead atoms. The number of aromatic nitrogens is 2. The van der Waals surface area contributed by atoms with Gasteiger partial charge in [-0.2, -0.15) is 12.6 Å². The van der Waals surface area contributed by atoms with E-state index in [0.717, 1.165) is 5.75 Å². The number of rotatable bonds is 0. The topological polar surface area (TPSA) is 25.8 Å². The Bertz CT molecular complexity index is 93.9. The highest BCUT2D eigenvalue weighted by atomic mass is 32.1. The molecular weight excluding hydrogens is 132 g/mol. The average Bonchev–Trinajstić information content (AvgIpc) is 1.93. The molecule has 0 saturated carbocycles. The minimum Gasteiger partial charge on any atom is -0.262 e. The molecule has 0 N–H and O–H groups in total. The molecule has 0 aliphatic rings. The SMILES string of the molecule is CCS.c1cnccn1. The molecule has 0 fully saturated rings. The van der Waals surface area contributed by atoms with Gasteiger partial charge in [0.1, 0.15) is 0 Å². The van der Waals surface area contributed by atoms with Crippen LogP contribution in [0.5, 0.6) is 0 Å². The average molecular weight is 142 g/mol. The van der Waals surface area contributed by atoms with Crippen LogP contribution >= 0.6 is 12.6 Å². The van der Waals surface area contributed by atoms with Crippen LogP contribution in [0.1, 0.15) is 6.92 Å². The van der Waals surface area contributed by atoms with E-state index in [4.69, 9.17) is 0 Å². The lowest BCUT2D eigenvalue weighted by molar-refractivity contribution is 1.20. The molecule has 0 unspecified atom stereocenters. The zero-order chi connectivity index (χ0) is 6.95. The summed E-state index contributed by atoms with van der Waals surface area (Å²) in [6.07, 6.45) is 6.56. The molecular formula is C6H10N2S. The molecule has 1 rings (SSSR count). The van der Waals surface area contributed by atoms with Crippen LogP contribution in [0.15, 0.2) is 24.8 Å². The predicted octanol–water partition coefficient (Wildman–Crippen LogP) is 1.41.